The number of hydrogen-bond acceptors (Lipinski definition) is 7. The summed E-state index contributed by atoms with van der Waals surface area (Å²) in [6.45, 7) is 5.21. The van der Waals surface area contributed by atoms with Crippen LogP contribution in [0.2, 0.25) is 0 Å². The van der Waals surface area contributed by atoms with E-state index < -0.39 is 29.8 Å². The van der Waals surface area contributed by atoms with Crippen LogP contribution in [0.5, 0.6) is 11.5 Å². The van der Waals surface area contributed by atoms with Crippen LogP contribution in [0.1, 0.15) is 42.9 Å². The summed E-state index contributed by atoms with van der Waals surface area (Å²) in [6, 6.07) is 12.2. The van der Waals surface area contributed by atoms with Gasteiger partial charge < -0.3 is 19.9 Å². The molecule has 2 heterocycles. The fourth-order valence-electron chi connectivity index (χ4n) is 3.05. The quantitative estimate of drug-likeness (QED) is 0.562. The number of benzene rings is 1. The second-order valence-corrected chi connectivity index (χ2v) is 7.27. The average Bonchev–Trinajstić information content (AvgIpc) is 2.78. The second-order valence-electron chi connectivity index (χ2n) is 7.27. The molecule has 0 spiro atoms. The van der Waals surface area contributed by atoms with E-state index in [1.807, 2.05) is 43.3 Å². The summed E-state index contributed by atoms with van der Waals surface area (Å²) < 4.78 is 10.5. The Morgan fingerprint density at radius 2 is 1.81 bits per heavy atom. The maximum absolute atomic E-state index is 12.5. The van der Waals surface area contributed by atoms with Crippen LogP contribution in [0.3, 0.4) is 0 Å². The molecule has 1 amide bonds. The second kappa shape index (κ2) is 9.42. The third-order valence-electron chi connectivity index (χ3n) is 5.12. The standard InChI is InChI=1S/C23H25N3O5/c1-13(17-10-9-16-7-5-6-8-18(16)26-17)15(3)31-23(29)14(2)25-22(28)20-21(27)19(30-4)11-12-24-20/h5-15,27H,1-4H3,(H,25,28)/t13?,14-,15?/m0/s1. The smallest absolute Gasteiger partial charge is 0.328 e. The van der Waals surface area contributed by atoms with Crippen LogP contribution in [-0.2, 0) is 9.53 Å². The number of nitrogens with zero attached hydrogens (tertiary/aromatic N) is 2. The molecule has 3 rings (SSSR count). The van der Waals surface area contributed by atoms with E-state index in [4.69, 9.17) is 9.47 Å². The molecule has 0 fully saturated rings. The van der Waals surface area contributed by atoms with Crippen molar-refractivity contribution in [3.8, 4) is 11.5 Å². The number of pyridine rings is 2. The number of aromatic nitrogens is 2. The Kier molecular flexibility index (Phi) is 6.69. The molecule has 2 aromatic heterocycles. The van der Waals surface area contributed by atoms with Crippen LogP contribution in [0, 0.1) is 0 Å². The molecule has 8 heteroatoms. The van der Waals surface area contributed by atoms with Crippen molar-refractivity contribution in [2.24, 2.45) is 0 Å². The highest BCUT2D eigenvalue weighted by molar-refractivity contribution is 5.97. The first-order chi connectivity index (χ1) is 14.8. The number of aromatic hydroxyl groups is 1. The molecule has 1 aromatic carbocycles. The first kappa shape index (κ1) is 22.0. The van der Waals surface area contributed by atoms with Crippen LogP contribution in [0.15, 0.2) is 48.7 Å². The lowest BCUT2D eigenvalue weighted by Gasteiger charge is -2.22. The van der Waals surface area contributed by atoms with Gasteiger partial charge in [0, 0.05) is 29.3 Å². The number of amides is 1. The highest BCUT2D eigenvalue weighted by Crippen LogP contribution is 2.27. The van der Waals surface area contributed by atoms with Crippen LogP contribution < -0.4 is 10.1 Å². The summed E-state index contributed by atoms with van der Waals surface area (Å²) in [7, 11) is 1.36. The minimum absolute atomic E-state index is 0.112. The van der Waals surface area contributed by atoms with Gasteiger partial charge in [0.15, 0.2) is 17.2 Å². The van der Waals surface area contributed by atoms with Crippen molar-refractivity contribution in [2.45, 2.75) is 38.8 Å². The molecule has 162 valence electrons. The van der Waals surface area contributed by atoms with E-state index >= 15 is 0 Å². The first-order valence-corrected chi connectivity index (χ1v) is 9.90. The minimum Gasteiger partial charge on any atom is -0.503 e. The molecule has 3 aromatic rings. The number of para-hydroxylation sites is 1. The van der Waals surface area contributed by atoms with Gasteiger partial charge in [0.1, 0.15) is 12.1 Å². The number of hydrogen-bond donors (Lipinski definition) is 2. The molecule has 8 nitrogen and oxygen atoms in total. The molecule has 0 aliphatic rings. The van der Waals surface area contributed by atoms with Gasteiger partial charge in [-0.15, -0.1) is 0 Å². The number of ether oxygens (including phenoxy) is 2. The number of fused-ring (bicyclic) bond motifs is 1. The van der Waals surface area contributed by atoms with Crippen LogP contribution in [0.4, 0.5) is 0 Å². The number of nitrogens with one attached hydrogen (secondary N) is 1. The molecule has 2 N–H and O–H groups in total. The Hall–Kier alpha value is -3.68. The van der Waals surface area contributed by atoms with Crippen molar-refractivity contribution in [3.05, 3.63) is 60.0 Å². The molecule has 3 atom stereocenters. The van der Waals surface area contributed by atoms with Gasteiger partial charge in [-0.1, -0.05) is 31.2 Å². The van der Waals surface area contributed by atoms with Gasteiger partial charge in [0.2, 0.25) is 0 Å². The van der Waals surface area contributed by atoms with Gasteiger partial charge in [-0.05, 0) is 26.0 Å². The molecule has 0 saturated carbocycles. The molecule has 0 aliphatic heterocycles. The zero-order chi connectivity index (χ0) is 22.5. The number of carbonyl (C=O) groups excluding carboxylic acids is 2. The van der Waals surface area contributed by atoms with Gasteiger partial charge in [-0.3, -0.25) is 9.78 Å². The van der Waals surface area contributed by atoms with Crippen LogP contribution in [-0.4, -0.2) is 46.2 Å². The minimum atomic E-state index is -0.945. The molecule has 0 bridgehead atoms. The van der Waals surface area contributed by atoms with Crippen molar-refractivity contribution in [2.75, 3.05) is 7.11 Å². The molecule has 0 radical (unpaired) electrons. The third-order valence-corrected chi connectivity index (χ3v) is 5.12. The van der Waals surface area contributed by atoms with Crippen LogP contribution in [0.25, 0.3) is 10.9 Å². The largest absolute Gasteiger partial charge is 0.503 e. The Labute approximate surface area is 180 Å². The third kappa shape index (κ3) is 4.91. The summed E-state index contributed by atoms with van der Waals surface area (Å²) in [6.07, 6.45) is 0.861. The fourth-order valence-corrected chi connectivity index (χ4v) is 3.05. The molecular weight excluding hydrogens is 398 g/mol. The van der Waals surface area contributed by atoms with E-state index in [1.165, 1.54) is 26.3 Å². The van der Waals surface area contributed by atoms with Crippen LogP contribution >= 0.6 is 0 Å². The summed E-state index contributed by atoms with van der Waals surface area (Å²) >= 11 is 0. The number of carbonyl (C=O) groups is 2. The highest BCUT2D eigenvalue weighted by Gasteiger charge is 2.26. The van der Waals surface area contributed by atoms with E-state index in [-0.39, 0.29) is 17.4 Å². The van der Waals surface area contributed by atoms with E-state index in [2.05, 4.69) is 15.3 Å². The predicted molar refractivity (Wildman–Crippen MR) is 115 cm³/mol. The van der Waals surface area contributed by atoms with Gasteiger partial charge in [0.05, 0.1) is 12.6 Å². The molecule has 0 aliphatic carbocycles. The van der Waals surface area contributed by atoms with Gasteiger partial charge in [0.25, 0.3) is 5.91 Å². The Morgan fingerprint density at radius 3 is 2.55 bits per heavy atom. The lowest BCUT2D eigenvalue weighted by Crippen LogP contribution is -2.41. The van der Waals surface area contributed by atoms with Crippen molar-refractivity contribution in [3.63, 3.8) is 0 Å². The van der Waals surface area contributed by atoms with Gasteiger partial charge >= 0.3 is 5.97 Å². The summed E-state index contributed by atoms with van der Waals surface area (Å²) in [5.74, 6) is -1.75. The predicted octanol–water partition coefficient (Wildman–Crippen LogP) is 3.20. The van der Waals surface area contributed by atoms with Crippen molar-refractivity contribution >= 4 is 22.8 Å². The first-order valence-electron chi connectivity index (χ1n) is 9.90. The maximum Gasteiger partial charge on any atom is 0.328 e. The van der Waals surface area contributed by atoms with Crippen molar-refractivity contribution in [1.29, 1.82) is 0 Å². The Bertz CT molecular complexity index is 1100. The zero-order valence-corrected chi connectivity index (χ0v) is 17.8. The summed E-state index contributed by atoms with van der Waals surface area (Å²) in [4.78, 5) is 33.4. The van der Waals surface area contributed by atoms with E-state index in [1.54, 1.807) is 6.92 Å². The summed E-state index contributed by atoms with van der Waals surface area (Å²) in [5.41, 5.74) is 1.44. The van der Waals surface area contributed by atoms with E-state index in [9.17, 15) is 14.7 Å². The lowest BCUT2D eigenvalue weighted by molar-refractivity contribution is -0.151. The Balaban J connectivity index is 1.63. The van der Waals surface area contributed by atoms with Crippen molar-refractivity contribution in [1.82, 2.24) is 15.3 Å². The normalized spacial score (nSPS) is 13.8. The van der Waals surface area contributed by atoms with E-state index in [0.717, 1.165) is 16.6 Å². The SMILES string of the molecule is COc1ccnc(C(=O)N[C@@H](C)C(=O)OC(C)C(C)c2ccc3ccccc3n2)c1O. The van der Waals surface area contributed by atoms with Crippen molar-refractivity contribution < 1.29 is 24.2 Å². The monoisotopic (exact) mass is 423 g/mol. The fraction of sp³-hybridized carbons (Fsp3) is 0.304. The number of rotatable bonds is 7. The van der Waals surface area contributed by atoms with E-state index in [0.29, 0.717) is 0 Å². The maximum atomic E-state index is 12.5. The summed E-state index contributed by atoms with van der Waals surface area (Å²) in [5, 5.41) is 13.6. The topological polar surface area (TPSA) is 111 Å². The lowest BCUT2D eigenvalue weighted by atomic mass is 10.0. The average molecular weight is 423 g/mol. The molecule has 31 heavy (non-hydrogen) atoms. The highest BCUT2D eigenvalue weighted by atomic mass is 16.5. The zero-order valence-electron chi connectivity index (χ0n) is 17.8. The molecular formula is C23H25N3O5. The van der Waals surface area contributed by atoms with Gasteiger partial charge in [-0.25, -0.2) is 9.78 Å². The van der Waals surface area contributed by atoms with Gasteiger partial charge in [-0.2, -0.15) is 0 Å². The molecule has 0 saturated heterocycles. The number of esters is 1. The molecule has 2 unspecified atom stereocenters. The Morgan fingerprint density at radius 1 is 1.06 bits per heavy atom. The number of methoxy groups -OCH3 is 1.